The molecule has 2 aromatic carbocycles. The summed E-state index contributed by atoms with van der Waals surface area (Å²) < 4.78 is 13.5. The molecule has 4 heterocycles. The van der Waals surface area contributed by atoms with Crippen LogP contribution in [0, 0.1) is 6.92 Å². The number of furan rings is 1. The molecule has 0 saturated heterocycles. The highest BCUT2D eigenvalue weighted by Gasteiger charge is 2.35. The monoisotopic (exact) mass is 638 g/mol. The minimum atomic E-state index is -0.759. The lowest BCUT2D eigenvalue weighted by Crippen LogP contribution is -2.40. The Bertz CT molecular complexity index is 2160. The molecular weight excluding hydrogens is 609 g/mol. The molecule has 6 rings (SSSR count). The molecule has 1 atom stereocenters. The molecule has 1 aliphatic rings. The van der Waals surface area contributed by atoms with Crippen molar-refractivity contribution in [1.29, 1.82) is 0 Å². The van der Waals surface area contributed by atoms with Gasteiger partial charge in [-0.05, 0) is 54.8 Å². The van der Waals surface area contributed by atoms with Crippen LogP contribution >= 0.6 is 23.1 Å². The number of carbonyl (C=O) groups excluding carboxylic acids is 1. The van der Waals surface area contributed by atoms with Crippen molar-refractivity contribution in [2.75, 3.05) is 6.61 Å². The van der Waals surface area contributed by atoms with Crippen molar-refractivity contribution in [3.05, 3.63) is 137 Å². The van der Waals surface area contributed by atoms with Gasteiger partial charge in [0, 0.05) is 23.4 Å². The SMILES string of the molecule is CCOC(=O)C1=C(c2ccccc2)N=c2s/c(=C/c3ccc(Sc4nc(C)cc(=O)[nH]4)o3)c(=O)n2[C@H]1c1ccc(C(C)C)cc1. The van der Waals surface area contributed by atoms with Crippen molar-refractivity contribution in [2.24, 2.45) is 4.99 Å². The van der Waals surface area contributed by atoms with Gasteiger partial charge in [0.25, 0.3) is 11.1 Å². The highest BCUT2D eigenvalue weighted by Crippen LogP contribution is 2.35. The summed E-state index contributed by atoms with van der Waals surface area (Å²) in [7, 11) is 0. The fourth-order valence-electron chi connectivity index (χ4n) is 5.11. The molecule has 0 bridgehead atoms. The van der Waals surface area contributed by atoms with E-state index in [2.05, 4.69) is 23.8 Å². The molecule has 0 radical (unpaired) electrons. The Kier molecular flexibility index (Phi) is 8.55. The Labute approximate surface area is 266 Å². The van der Waals surface area contributed by atoms with Crippen LogP contribution in [0.1, 0.15) is 60.9 Å². The summed E-state index contributed by atoms with van der Waals surface area (Å²) in [5.41, 5.74) is 3.48. The van der Waals surface area contributed by atoms with E-state index in [4.69, 9.17) is 14.1 Å². The van der Waals surface area contributed by atoms with Gasteiger partial charge in [-0.25, -0.2) is 14.8 Å². The van der Waals surface area contributed by atoms with Crippen molar-refractivity contribution in [3.8, 4) is 0 Å². The van der Waals surface area contributed by atoms with Gasteiger partial charge in [0.05, 0.1) is 28.5 Å². The molecule has 0 aliphatic carbocycles. The number of rotatable bonds is 8. The van der Waals surface area contributed by atoms with E-state index in [1.165, 1.54) is 29.2 Å². The van der Waals surface area contributed by atoms with Gasteiger partial charge in [-0.2, -0.15) is 0 Å². The number of carbonyl (C=O) groups is 1. The standard InChI is InChI=1S/C34H30N4O5S2/c1-5-42-32(41)28-29(22-9-7-6-8-10-22)37-34-38(30(28)23-13-11-21(12-14-23)19(2)3)31(40)25(44-34)18-24-15-16-27(43-24)45-33-35-20(4)17-26(39)36-33/h6-19,30H,5H2,1-4H3,(H,35,36,39)/b25-18+/t30-/m0/s1. The Morgan fingerprint density at radius 1 is 1.11 bits per heavy atom. The number of H-pyrrole nitrogens is 1. The number of thiazole rings is 1. The summed E-state index contributed by atoms with van der Waals surface area (Å²) in [6.07, 6.45) is 1.66. The van der Waals surface area contributed by atoms with Gasteiger partial charge in [0.1, 0.15) is 5.76 Å². The maximum absolute atomic E-state index is 14.1. The van der Waals surface area contributed by atoms with E-state index in [1.807, 2.05) is 54.6 Å². The van der Waals surface area contributed by atoms with E-state index >= 15 is 0 Å². The van der Waals surface area contributed by atoms with Crippen LogP contribution < -0.4 is 20.5 Å². The van der Waals surface area contributed by atoms with Gasteiger partial charge in [-0.1, -0.05) is 79.8 Å². The average molecular weight is 639 g/mol. The summed E-state index contributed by atoms with van der Waals surface area (Å²) >= 11 is 2.40. The normalized spacial score (nSPS) is 14.9. The molecule has 5 aromatic rings. The van der Waals surface area contributed by atoms with Crippen LogP contribution in [0.15, 0.2) is 108 Å². The largest absolute Gasteiger partial charge is 0.463 e. The molecule has 0 amide bonds. The number of benzene rings is 2. The molecule has 0 saturated carbocycles. The van der Waals surface area contributed by atoms with Gasteiger partial charge in [0.2, 0.25) is 0 Å². The van der Waals surface area contributed by atoms with Gasteiger partial charge < -0.3 is 14.1 Å². The Balaban J connectivity index is 1.50. The van der Waals surface area contributed by atoms with Crippen LogP contribution in [0.4, 0.5) is 0 Å². The summed E-state index contributed by atoms with van der Waals surface area (Å²) in [6.45, 7) is 7.91. The molecule has 228 valence electrons. The fraction of sp³-hybridized carbons (Fsp3) is 0.206. The molecular formula is C34H30N4O5S2. The number of aryl methyl sites for hydroxylation is 1. The Hall–Kier alpha value is -4.74. The summed E-state index contributed by atoms with van der Waals surface area (Å²) in [5, 5.41) is 0.908. The number of hydrogen-bond acceptors (Lipinski definition) is 9. The van der Waals surface area contributed by atoms with Crippen molar-refractivity contribution in [2.45, 2.75) is 49.9 Å². The van der Waals surface area contributed by atoms with E-state index in [0.29, 0.717) is 48.2 Å². The fourth-order valence-corrected chi connectivity index (χ4v) is 6.90. The number of nitrogens with one attached hydrogen (secondary N) is 1. The number of esters is 1. The topological polar surface area (TPSA) is 120 Å². The third-order valence-corrected chi connectivity index (χ3v) is 9.00. The number of fused-ring (bicyclic) bond motifs is 1. The maximum Gasteiger partial charge on any atom is 0.338 e. The molecule has 9 nitrogen and oxygen atoms in total. The quantitative estimate of drug-likeness (QED) is 0.183. The zero-order valence-electron chi connectivity index (χ0n) is 25.1. The number of hydrogen-bond donors (Lipinski definition) is 1. The second-order valence-electron chi connectivity index (χ2n) is 10.7. The van der Waals surface area contributed by atoms with Gasteiger partial charge in [-0.3, -0.25) is 14.2 Å². The first kappa shape index (κ1) is 30.3. The van der Waals surface area contributed by atoms with E-state index in [0.717, 1.165) is 16.7 Å². The van der Waals surface area contributed by atoms with E-state index in [9.17, 15) is 14.4 Å². The smallest absolute Gasteiger partial charge is 0.338 e. The highest BCUT2D eigenvalue weighted by molar-refractivity contribution is 7.99. The van der Waals surface area contributed by atoms with Gasteiger partial charge >= 0.3 is 5.97 Å². The van der Waals surface area contributed by atoms with E-state index < -0.39 is 12.0 Å². The van der Waals surface area contributed by atoms with Gasteiger partial charge in [-0.15, -0.1) is 0 Å². The van der Waals surface area contributed by atoms with Gasteiger partial charge in [0.15, 0.2) is 15.1 Å². The van der Waals surface area contributed by atoms with Crippen LogP contribution in [0.2, 0.25) is 0 Å². The van der Waals surface area contributed by atoms with E-state index in [1.54, 1.807) is 36.6 Å². The van der Waals surface area contributed by atoms with Crippen LogP contribution in [-0.2, 0) is 9.53 Å². The molecule has 1 N–H and O–H groups in total. The third-order valence-electron chi connectivity index (χ3n) is 7.21. The van der Waals surface area contributed by atoms with E-state index in [-0.39, 0.29) is 17.7 Å². The minimum absolute atomic E-state index is 0.179. The second kappa shape index (κ2) is 12.7. The highest BCUT2D eigenvalue weighted by atomic mass is 32.2. The van der Waals surface area contributed by atoms with Crippen LogP contribution in [0.3, 0.4) is 0 Å². The van der Waals surface area contributed by atoms with Crippen LogP contribution in [0.25, 0.3) is 11.8 Å². The molecule has 11 heteroatoms. The van der Waals surface area contributed by atoms with Crippen molar-refractivity contribution in [1.82, 2.24) is 14.5 Å². The lowest BCUT2D eigenvalue weighted by Gasteiger charge is -2.26. The molecule has 1 aliphatic heterocycles. The predicted molar refractivity (Wildman–Crippen MR) is 174 cm³/mol. The Morgan fingerprint density at radius 2 is 1.87 bits per heavy atom. The molecule has 3 aromatic heterocycles. The number of nitrogens with zero attached hydrogens (tertiary/aromatic N) is 3. The number of ether oxygens (including phenoxy) is 1. The number of aromatic nitrogens is 3. The van der Waals surface area contributed by atoms with Crippen LogP contribution in [-0.4, -0.2) is 27.1 Å². The zero-order chi connectivity index (χ0) is 31.7. The summed E-state index contributed by atoms with van der Waals surface area (Å²) in [5.74, 6) is 0.241. The lowest BCUT2D eigenvalue weighted by atomic mass is 9.91. The average Bonchev–Trinajstić information content (AvgIpc) is 3.59. The predicted octanol–water partition coefficient (Wildman–Crippen LogP) is 5.19. The van der Waals surface area contributed by atoms with Crippen molar-refractivity contribution < 1.29 is 13.9 Å². The van der Waals surface area contributed by atoms with Crippen molar-refractivity contribution >= 4 is 40.8 Å². The molecule has 0 fully saturated rings. The molecule has 0 spiro atoms. The molecule has 0 unspecified atom stereocenters. The first-order chi connectivity index (χ1) is 21.7. The minimum Gasteiger partial charge on any atom is -0.463 e. The second-order valence-corrected chi connectivity index (χ2v) is 12.7. The van der Waals surface area contributed by atoms with Crippen molar-refractivity contribution in [3.63, 3.8) is 0 Å². The first-order valence-corrected chi connectivity index (χ1v) is 16.1. The Morgan fingerprint density at radius 3 is 2.56 bits per heavy atom. The third kappa shape index (κ3) is 6.27. The number of aromatic amines is 1. The lowest BCUT2D eigenvalue weighted by molar-refractivity contribution is -0.138. The van der Waals surface area contributed by atoms with Crippen LogP contribution in [0.5, 0.6) is 0 Å². The zero-order valence-corrected chi connectivity index (χ0v) is 26.7. The maximum atomic E-state index is 14.1. The molecule has 45 heavy (non-hydrogen) atoms. The summed E-state index contributed by atoms with van der Waals surface area (Å²) in [4.78, 5) is 52.0. The first-order valence-electron chi connectivity index (χ1n) is 14.5. The summed E-state index contributed by atoms with van der Waals surface area (Å²) in [6, 6.07) is 21.6.